The Balaban J connectivity index is 1.47. The molecule has 1 aliphatic heterocycles. The third-order valence-electron chi connectivity index (χ3n) is 6.71. The maximum atomic E-state index is 10.6. The second-order valence-corrected chi connectivity index (χ2v) is 9.99. The van der Waals surface area contributed by atoms with Crippen LogP contribution in [0, 0.1) is 0 Å². The molecule has 1 saturated heterocycles. The van der Waals surface area contributed by atoms with E-state index in [-0.39, 0.29) is 12.4 Å². The smallest absolute Gasteiger partial charge is 0.206 e. The van der Waals surface area contributed by atoms with Crippen LogP contribution in [0.4, 0.5) is 5.95 Å². The van der Waals surface area contributed by atoms with Crippen molar-refractivity contribution in [3.63, 3.8) is 0 Å². The van der Waals surface area contributed by atoms with Gasteiger partial charge in [0, 0.05) is 13.0 Å². The number of hydrogen-bond acceptors (Lipinski definition) is 9. The highest BCUT2D eigenvalue weighted by molar-refractivity contribution is 5.78. The van der Waals surface area contributed by atoms with Crippen molar-refractivity contribution in [3.8, 4) is 11.5 Å². The standard InChI is InChI=1S/C26H36N4O7/c1-30(2,11-12-31)10-5-13-36-21-14-17(8-9-20(21)33)15-27-26-28-18-6-3-4-7-19(18)29(26)25-24(35)23(34)22(16-32)37-25/h3-4,6-9,14,22-25,31-32,34-35H,5,10-13,15-16H2,1-2H3,(H-,27,28,33)/p+1/t22-,23-,24-,25-/m1/s1. The molecule has 0 bridgehead atoms. The number of likely N-dealkylation sites (N-methyl/N-ethyl adjacent to an activating group) is 1. The number of anilines is 1. The van der Waals surface area contributed by atoms with E-state index in [1.807, 2.05) is 38.4 Å². The van der Waals surface area contributed by atoms with E-state index < -0.39 is 31.1 Å². The Morgan fingerprint density at radius 3 is 2.59 bits per heavy atom. The summed E-state index contributed by atoms with van der Waals surface area (Å²) in [6, 6.07) is 12.5. The number of rotatable bonds is 12. The van der Waals surface area contributed by atoms with Crippen molar-refractivity contribution < 1.29 is 39.5 Å². The second-order valence-electron chi connectivity index (χ2n) is 9.99. The first-order valence-electron chi connectivity index (χ1n) is 12.4. The van der Waals surface area contributed by atoms with Gasteiger partial charge in [-0.05, 0) is 29.8 Å². The van der Waals surface area contributed by atoms with Crippen LogP contribution in [-0.4, -0.2) is 105 Å². The number of aliphatic hydroxyl groups excluding tert-OH is 4. The molecule has 0 unspecified atom stereocenters. The molecule has 0 radical (unpaired) electrons. The number of phenols is 1. The average Bonchev–Trinajstić information content (AvgIpc) is 3.38. The van der Waals surface area contributed by atoms with Crippen LogP contribution in [0.25, 0.3) is 11.0 Å². The Morgan fingerprint density at radius 2 is 1.86 bits per heavy atom. The number of ether oxygens (including phenoxy) is 2. The number of aromatic nitrogens is 2. The van der Waals surface area contributed by atoms with Crippen molar-refractivity contribution in [2.24, 2.45) is 0 Å². The first-order valence-corrected chi connectivity index (χ1v) is 12.4. The lowest BCUT2D eigenvalue weighted by Gasteiger charge is -2.28. The number of fused-ring (bicyclic) bond motifs is 1. The van der Waals surface area contributed by atoms with E-state index in [1.54, 1.807) is 22.8 Å². The van der Waals surface area contributed by atoms with Gasteiger partial charge < -0.3 is 44.8 Å². The molecule has 1 aromatic heterocycles. The molecule has 1 fully saturated rings. The summed E-state index contributed by atoms with van der Waals surface area (Å²) in [6.07, 6.45) is -3.55. The van der Waals surface area contributed by atoms with Gasteiger partial charge in [0.15, 0.2) is 17.7 Å². The van der Waals surface area contributed by atoms with Crippen LogP contribution in [0.5, 0.6) is 11.5 Å². The van der Waals surface area contributed by atoms with Gasteiger partial charge in [0.2, 0.25) is 5.95 Å². The number of hydrogen-bond donors (Lipinski definition) is 6. The van der Waals surface area contributed by atoms with Gasteiger partial charge >= 0.3 is 0 Å². The van der Waals surface area contributed by atoms with Gasteiger partial charge in [-0.15, -0.1) is 0 Å². The Labute approximate surface area is 215 Å². The SMILES string of the molecule is C[N+](C)(CCO)CCCOc1cc(CNc2nc3ccccc3n2[C@@H]2O[C@H](CO)[C@@H](O)[C@H]2O)ccc1O. The monoisotopic (exact) mass is 517 g/mol. The fraction of sp³-hybridized carbons (Fsp3) is 0.500. The van der Waals surface area contributed by atoms with E-state index in [0.717, 1.165) is 18.5 Å². The molecule has 202 valence electrons. The molecule has 0 spiro atoms. The summed E-state index contributed by atoms with van der Waals surface area (Å²) in [5, 5.41) is 53.1. The lowest BCUT2D eigenvalue weighted by Crippen LogP contribution is -2.43. The van der Waals surface area contributed by atoms with Crippen molar-refractivity contribution in [2.75, 3.05) is 52.3 Å². The maximum absolute atomic E-state index is 10.6. The van der Waals surface area contributed by atoms with Crippen LogP contribution in [0.1, 0.15) is 18.2 Å². The van der Waals surface area contributed by atoms with E-state index >= 15 is 0 Å². The summed E-state index contributed by atoms with van der Waals surface area (Å²) in [7, 11) is 4.10. The molecule has 37 heavy (non-hydrogen) atoms. The molecular weight excluding hydrogens is 480 g/mol. The van der Waals surface area contributed by atoms with Crippen molar-refractivity contribution in [1.29, 1.82) is 0 Å². The number of quaternary nitrogens is 1. The third-order valence-corrected chi connectivity index (χ3v) is 6.71. The number of aliphatic hydroxyl groups is 4. The second kappa shape index (κ2) is 11.6. The van der Waals surface area contributed by atoms with Crippen LogP contribution in [0.2, 0.25) is 0 Å². The molecule has 0 amide bonds. The zero-order valence-electron chi connectivity index (χ0n) is 21.2. The minimum atomic E-state index is -1.25. The van der Waals surface area contributed by atoms with Gasteiger partial charge in [-0.3, -0.25) is 4.57 Å². The van der Waals surface area contributed by atoms with Crippen LogP contribution in [-0.2, 0) is 11.3 Å². The summed E-state index contributed by atoms with van der Waals surface area (Å²) in [6.45, 7) is 1.98. The molecule has 11 nitrogen and oxygen atoms in total. The number of nitrogens with zero attached hydrogens (tertiary/aromatic N) is 3. The Bertz CT molecular complexity index is 1180. The molecule has 0 saturated carbocycles. The third kappa shape index (κ3) is 6.15. The predicted molar refractivity (Wildman–Crippen MR) is 137 cm³/mol. The van der Waals surface area contributed by atoms with Crippen molar-refractivity contribution in [3.05, 3.63) is 48.0 Å². The first-order chi connectivity index (χ1) is 17.7. The number of imidazole rings is 1. The van der Waals surface area contributed by atoms with Crippen LogP contribution in [0.15, 0.2) is 42.5 Å². The van der Waals surface area contributed by atoms with E-state index in [9.17, 15) is 25.5 Å². The number of phenolic OH excluding ortho intramolecular Hbond substituents is 1. The number of aromatic hydroxyl groups is 1. The molecule has 3 aromatic rings. The van der Waals surface area contributed by atoms with Gasteiger partial charge in [-0.25, -0.2) is 4.98 Å². The maximum Gasteiger partial charge on any atom is 0.206 e. The normalized spacial score (nSPS) is 22.0. The molecule has 11 heteroatoms. The summed E-state index contributed by atoms with van der Waals surface area (Å²) < 4.78 is 14.0. The quantitative estimate of drug-likeness (QED) is 0.152. The van der Waals surface area contributed by atoms with Crippen LogP contribution >= 0.6 is 0 Å². The minimum absolute atomic E-state index is 0.0478. The largest absolute Gasteiger partial charge is 0.504 e. The van der Waals surface area contributed by atoms with Gasteiger partial charge in [0.05, 0.1) is 51.5 Å². The molecular formula is C26H37N4O7+. The van der Waals surface area contributed by atoms with E-state index in [0.29, 0.717) is 46.9 Å². The molecule has 1 aliphatic rings. The fourth-order valence-corrected chi connectivity index (χ4v) is 4.54. The number of nitrogens with one attached hydrogen (secondary N) is 1. The Kier molecular flexibility index (Phi) is 8.53. The van der Waals surface area contributed by atoms with Crippen LogP contribution < -0.4 is 10.1 Å². The van der Waals surface area contributed by atoms with E-state index in [1.165, 1.54) is 0 Å². The molecule has 2 heterocycles. The van der Waals surface area contributed by atoms with Crippen molar-refractivity contribution >= 4 is 17.0 Å². The Hall–Kier alpha value is -2.93. The first kappa shape index (κ1) is 27.1. The lowest BCUT2D eigenvalue weighted by molar-refractivity contribution is -0.890. The average molecular weight is 518 g/mol. The van der Waals surface area contributed by atoms with Crippen molar-refractivity contribution in [1.82, 2.24) is 9.55 Å². The number of benzene rings is 2. The highest BCUT2D eigenvalue weighted by atomic mass is 16.6. The van der Waals surface area contributed by atoms with Gasteiger partial charge in [0.1, 0.15) is 24.9 Å². The predicted octanol–water partition coefficient (Wildman–Crippen LogP) is 0.803. The van der Waals surface area contributed by atoms with Crippen molar-refractivity contribution in [2.45, 2.75) is 37.5 Å². The molecule has 4 atom stereocenters. The Morgan fingerprint density at radius 1 is 1.08 bits per heavy atom. The topological polar surface area (TPSA) is 149 Å². The van der Waals surface area contributed by atoms with Gasteiger partial charge in [-0.1, -0.05) is 18.2 Å². The molecule has 6 N–H and O–H groups in total. The summed E-state index contributed by atoms with van der Waals surface area (Å²) in [4.78, 5) is 4.64. The molecule has 0 aliphatic carbocycles. The van der Waals surface area contributed by atoms with Gasteiger partial charge in [0.25, 0.3) is 0 Å². The number of para-hydroxylation sites is 2. The molecule has 4 rings (SSSR count). The van der Waals surface area contributed by atoms with Gasteiger partial charge in [-0.2, -0.15) is 0 Å². The van der Waals surface area contributed by atoms with Crippen LogP contribution in [0.3, 0.4) is 0 Å². The minimum Gasteiger partial charge on any atom is -0.504 e. The zero-order valence-corrected chi connectivity index (χ0v) is 21.2. The highest BCUT2D eigenvalue weighted by Crippen LogP contribution is 2.35. The summed E-state index contributed by atoms with van der Waals surface area (Å²) in [5.74, 6) is 0.853. The summed E-state index contributed by atoms with van der Waals surface area (Å²) >= 11 is 0. The van der Waals surface area contributed by atoms with E-state index in [2.05, 4.69) is 10.3 Å². The lowest BCUT2D eigenvalue weighted by atomic mass is 10.1. The van der Waals surface area contributed by atoms with E-state index in [4.69, 9.17) is 9.47 Å². The zero-order chi connectivity index (χ0) is 26.6. The molecule has 2 aromatic carbocycles. The highest BCUT2D eigenvalue weighted by Gasteiger charge is 2.44. The fourth-order valence-electron chi connectivity index (χ4n) is 4.54. The summed E-state index contributed by atoms with van der Waals surface area (Å²) in [5.41, 5.74) is 2.22.